The van der Waals surface area contributed by atoms with Gasteiger partial charge in [-0.05, 0) is 54.4 Å². The quantitative estimate of drug-likeness (QED) is 0.164. The predicted molar refractivity (Wildman–Crippen MR) is 151 cm³/mol. The van der Waals surface area contributed by atoms with E-state index >= 15 is 8.78 Å². The third-order valence-electron chi connectivity index (χ3n) is 8.00. The van der Waals surface area contributed by atoms with Crippen molar-refractivity contribution in [3.63, 3.8) is 0 Å². The van der Waals surface area contributed by atoms with Crippen LogP contribution >= 0.6 is 0 Å². The van der Waals surface area contributed by atoms with Gasteiger partial charge in [-0.25, -0.2) is 17.6 Å². The van der Waals surface area contributed by atoms with Gasteiger partial charge in [-0.3, -0.25) is 0 Å². The van der Waals surface area contributed by atoms with E-state index in [2.05, 4.69) is 13.8 Å². The Balaban J connectivity index is 1.44. The van der Waals surface area contributed by atoms with Crippen LogP contribution in [-0.2, 0) is 11.2 Å². The van der Waals surface area contributed by atoms with Crippen LogP contribution in [0.2, 0.25) is 0 Å². The number of aryl methyl sites for hydroxylation is 1. The van der Waals surface area contributed by atoms with Crippen molar-refractivity contribution in [1.29, 1.82) is 0 Å². The Bertz CT molecular complexity index is 1210. The molecule has 1 saturated heterocycles. The summed E-state index contributed by atoms with van der Waals surface area (Å²) in [6.45, 7) is 4.67. The lowest BCUT2D eigenvalue weighted by Gasteiger charge is -2.29. The monoisotopic (exact) mass is 540 g/mol. The van der Waals surface area contributed by atoms with Crippen molar-refractivity contribution in [1.82, 2.24) is 0 Å². The van der Waals surface area contributed by atoms with Crippen LogP contribution in [0.5, 0.6) is 0 Å². The van der Waals surface area contributed by atoms with Gasteiger partial charge in [-0.2, -0.15) is 0 Å². The summed E-state index contributed by atoms with van der Waals surface area (Å²) in [6.07, 6.45) is 10.9. The summed E-state index contributed by atoms with van der Waals surface area (Å²) in [5.74, 6) is -3.57. The van der Waals surface area contributed by atoms with E-state index < -0.39 is 23.3 Å². The van der Waals surface area contributed by atoms with E-state index in [1.807, 2.05) is 0 Å². The van der Waals surface area contributed by atoms with Gasteiger partial charge in [0.25, 0.3) is 0 Å². The molecule has 0 aromatic heterocycles. The minimum absolute atomic E-state index is 0.143. The molecule has 3 aromatic carbocycles. The van der Waals surface area contributed by atoms with Gasteiger partial charge >= 0.3 is 0 Å². The number of benzene rings is 3. The van der Waals surface area contributed by atoms with E-state index in [-0.39, 0.29) is 23.1 Å². The Kier molecular flexibility index (Phi) is 10.6. The second-order valence-corrected chi connectivity index (χ2v) is 10.8. The molecule has 2 atom stereocenters. The molecule has 1 fully saturated rings. The first-order valence-corrected chi connectivity index (χ1v) is 14.6. The third kappa shape index (κ3) is 7.11. The normalized spacial score (nSPS) is 17.5. The van der Waals surface area contributed by atoms with E-state index in [4.69, 9.17) is 4.74 Å². The lowest BCUT2D eigenvalue weighted by atomic mass is 9.88. The van der Waals surface area contributed by atoms with Crippen LogP contribution in [0, 0.1) is 23.3 Å². The average Bonchev–Trinajstić information content (AvgIpc) is 2.95. The fourth-order valence-electron chi connectivity index (χ4n) is 5.63. The maximum absolute atomic E-state index is 15.1. The lowest BCUT2D eigenvalue weighted by molar-refractivity contribution is -0.00181. The zero-order valence-electron chi connectivity index (χ0n) is 23.2. The minimum atomic E-state index is -0.896. The Morgan fingerprint density at radius 1 is 0.641 bits per heavy atom. The van der Waals surface area contributed by atoms with Crippen molar-refractivity contribution in [3.8, 4) is 22.3 Å². The van der Waals surface area contributed by atoms with Crippen LogP contribution in [0.25, 0.3) is 22.3 Å². The van der Waals surface area contributed by atoms with Crippen molar-refractivity contribution in [2.75, 3.05) is 6.61 Å². The van der Waals surface area contributed by atoms with Crippen LogP contribution in [0.4, 0.5) is 17.6 Å². The van der Waals surface area contributed by atoms with Gasteiger partial charge in [0.15, 0.2) is 23.3 Å². The highest BCUT2D eigenvalue weighted by molar-refractivity contribution is 5.71. The van der Waals surface area contributed by atoms with E-state index in [1.54, 1.807) is 48.5 Å². The Morgan fingerprint density at radius 2 is 1.26 bits per heavy atom. The molecule has 1 aliphatic rings. The maximum atomic E-state index is 15.1. The van der Waals surface area contributed by atoms with Gasteiger partial charge in [-0.1, -0.05) is 101 Å². The third-order valence-corrected chi connectivity index (χ3v) is 8.00. The van der Waals surface area contributed by atoms with Crippen molar-refractivity contribution < 1.29 is 22.3 Å². The summed E-state index contributed by atoms with van der Waals surface area (Å²) >= 11 is 0. The summed E-state index contributed by atoms with van der Waals surface area (Å²) in [6, 6.07) is 13.0. The molecule has 0 saturated carbocycles. The molecule has 210 valence electrons. The summed E-state index contributed by atoms with van der Waals surface area (Å²) in [7, 11) is 0. The number of hydrogen-bond donors (Lipinski definition) is 0. The van der Waals surface area contributed by atoms with E-state index in [0.717, 1.165) is 44.9 Å². The zero-order chi connectivity index (χ0) is 27.8. The molecule has 1 heterocycles. The van der Waals surface area contributed by atoms with Crippen LogP contribution < -0.4 is 0 Å². The van der Waals surface area contributed by atoms with Gasteiger partial charge in [0, 0.05) is 17.0 Å². The zero-order valence-corrected chi connectivity index (χ0v) is 23.2. The van der Waals surface area contributed by atoms with Gasteiger partial charge < -0.3 is 4.74 Å². The first kappa shape index (κ1) is 29.3. The molecule has 39 heavy (non-hydrogen) atoms. The minimum Gasteiger partial charge on any atom is -0.378 e. The van der Waals surface area contributed by atoms with E-state index in [0.29, 0.717) is 35.3 Å². The molecule has 0 radical (unpaired) electrons. The first-order chi connectivity index (χ1) is 18.9. The fraction of sp³-hybridized carbons (Fsp3) is 0.471. The molecule has 0 spiro atoms. The van der Waals surface area contributed by atoms with Crippen LogP contribution in [-0.4, -0.2) is 12.7 Å². The number of ether oxygens (including phenoxy) is 1. The second-order valence-electron chi connectivity index (χ2n) is 10.8. The van der Waals surface area contributed by atoms with Crippen molar-refractivity contribution in [2.45, 2.75) is 96.5 Å². The molecule has 0 aliphatic carbocycles. The number of rotatable bonds is 12. The standard InChI is InChI=1S/C34H40F4O/c1-3-5-6-7-8-9-11-25-17-19-28(32(36)31(25)35)23-12-14-24(15-13-23)29-20-21-30(34(38)33(29)37)26-16-18-27(10-4-2)39-22-26/h12-15,17,19-21,26-27H,3-11,16,18,22H2,1-2H3. The molecular formula is C34H40F4O. The molecule has 1 aliphatic heterocycles. The Hall–Kier alpha value is -2.66. The molecule has 3 aromatic rings. The van der Waals surface area contributed by atoms with Crippen molar-refractivity contribution in [2.24, 2.45) is 0 Å². The Labute approximate surface area is 230 Å². The highest BCUT2D eigenvalue weighted by atomic mass is 19.2. The average molecular weight is 541 g/mol. The van der Waals surface area contributed by atoms with Gasteiger partial charge in [-0.15, -0.1) is 0 Å². The number of hydrogen-bond acceptors (Lipinski definition) is 1. The molecule has 0 amide bonds. The SMILES string of the molecule is CCCCCCCCc1ccc(-c2ccc(-c3ccc(C4CCC(CCC)OC4)c(F)c3F)cc2)c(F)c1F. The first-order valence-electron chi connectivity index (χ1n) is 14.6. The largest absolute Gasteiger partial charge is 0.378 e. The van der Waals surface area contributed by atoms with Crippen molar-refractivity contribution >= 4 is 0 Å². The summed E-state index contributed by atoms with van der Waals surface area (Å²) in [4.78, 5) is 0. The van der Waals surface area contributed by atoms with Crippen LogP contribution in [0.15, 0.2) is 48.5 Å². The highest BCUT2D eigenvalue weighted by Gasteiger charge is 2.27. The number of unbranched alkanes of at least 4 members (excludes halogenated alkanes) is 5. The Morgan fingerprint density at radius 3 is 1.87 bits per heavy atom. The van der Waals surface area contributed by atoms with Gasteiger partial charge in [0.1, 0.15) is 0 Å². The van der Waals surface area contributed by atoms with Crippen LogP contribution in [0.3, 0.4) is 0 Å². The molecule has 0 N–H and O–H groups in total. The molecule has 1 nitrogen and oxygen atoms in total. The fourth-order valence-corrected chi connectivity index (χ4v) is 5.63. The van der Waals surface area contributed by atoms with E-state index in [9.17, 15) is 8.78 Å². The molecule has 5 heteroatoms. The molecule has 2 unspecified atom stereocenters. The van der Waals surface area contributed by atoms with E-state index in [1.165, 1.54) is 19.3 Å². The number of halogens is 4. The molecular weight excluding hydrogens is 500 g/mol. The van der Waals surface area contributed by atoms with Gasteiger partial charge in [0.2, 0.25) is 0 Å². The van der Waals surface area contributed by atoms with Crippen LogP contribution in [0.1, 0.15) is 95.1 Å². The maximum Gasteiger partial charge on any atom is 0.166 e. The summed E-state index contributed by atoms with van der Waals surface area (Å²) in [5, 5.41) is 0. The topological polar surface area (TPSA) is 9.23 Å². The van der Waals surface area contributed by atoms with Crippen molar-refractivity contribution in [3.05, 3.63) is 82.9 Å². The molecule has 0 bridgehead atoms. The highest BCUT2D eigenvalue weighted by Crippen LogP contribution is 2.36. The summed E-state index contributed by atoms with van der Waals surface area (Å²) < 4.78 is 65.9. The lowest BCUT2D eigenvalue weighted by Crippen LogP contribution is -2.25. The smallest absolute Gasteiger partial charge is 0.166 e. The molecule has 4 rings (SSSR count). The second kappa shape index (κ2) is 14.1. The van der Waals surface area contributed by atoms with Gasteiger partial charge in [0.05, 0.1) is 12.7 Å². The predicted octanol–water partition coefficient (Wildman–Crippen LogP) is 10.5. The summed E-state index contributed by atoms with van der Waals surface area (Å²) in [5.41, 5.74) is 2.01.